The predicted molar refractivity (Wildman–Crippen MR) is 75.7 cm³/mol. The first-order valence-electron chi connectivity index (χ1n) is 7.19. The average molecular weight is 524 g/mol. The zero-order valence-electron chi connectivity index (χ0n) is 15.0. The molecule has 0 nitrogen and oxygen atoms in total. The highest BCUT2D eigenvalue weighted by molar-refractivity contribution is 6.14. The standard InChI is InChI=1S/C8H3F17Si.C3H10Si/c9-1(10,3(13,14)5(17,18)7(21,22)23)2(11,12)4(15,16)6(19,20)8(24,25)26;1-3(2)4/h26H3;3H,1-2,4H3. The van der Waals surface area contributed by atoms with Gasteiger partial charge in [0.1, 0.15) is 0 Å². The highest BCUT2D eigenvalue weighted by Crippen LogP contribution is 2.63. The number of rotatable bonds is 6. The summed E-state index contributed by atoms with van der Waals surface area (Å²) in [6, 6.07) is 0. The first-order chi connectivity index (χ1) is 12.5. The zero-order chi connectivity index (χ0) is 25.6. The summed E-state index contributed by atoms with van der Waals surface area (Å²) in [6.07, 6.45) is -7.73. The Bertz CT molecular complexity index is 520. The minimum atomic E-state index is -8.54. The van der Waals surface area contributed by atoms with Crippen molar-refractivity contribution >= 4 is 20.5 Å². The molecule has 0 N–H and O–H groups in total. The highest BCUT2D eigenvalue weighted by atomic mass is 28.1. The van der Waals surface area contributed by atoms with Gasteiger partial charge in [0.25, 0.3) is 5.55 Å². The van der Waals surface area contributed by atoms with E-state index in [1.807, 2.05) is 0 Å². The summed E-state index contributed by atoms with van der Waals surface area (Å²) in [5.41, 5.74) is -5.20. The van der Waals surface area contributed by atoms with E-state index in [1.54, 1.807) is 0 Å². The van der Waals surface area contributed by atoms with Gasteiger partial charge in [-0.15, -0.1) is 0 Å². The average Bonchev–Trinajstić information content (AvgIpc) is 2.42. The van der Waals surface area contributed by atoms with Gasteiger partial charge in [0.2, 0.25) is 0 Å². The molecule has 0 atom stereocenters. The lowest BCUT2D eigenvalue weighted by Crippen LogP contribution is -2.74. The molecular weight excluding hydrogens is 511 g/mol. The summed E-state index contributed by atoms with van der Waals surface area (Å²) in [6.45, 7) is 4.46. The Labute approximate surface area is 163 Å². The third kappa shape index (κ3) is 4.84. The van der Waals surface area contributed by atoms with E-state index in [0.717, 1.165) is 5.54 Å². The highest BCUT2D eigenvalue weighted by Gasteiger charge is 2.94. The molecule has 0 saturated carbocycles. The van der Waals surface area contributed by atoms with Crippen molar-refractivity contribution in [1.82, 2.24) is 0 Å². The molecule has 0 rings (SSSR count). The second-order valence-electron chi connectivity index (χ2n) is 6.56. The molecule has 0 aromatic carbocycles. The number of hydrogen-bond acceptors (Lipinski definition) is 0. The van der Waals surface area contributed by atoms with Crippen LogP contribution in [0.25, 0.3) is 0 Å². The molecule has 0 fully saturated rings. The van der Waals surface area contributed by atoms with Crippen LogP contribution in [0.15, 0.2) is 0 Å². The van der Waals surface area contributed by atoms with Crippen LogP contribution in [0.2, 0.25) is 5.54 Å². The molecule has 19 heteroatoms. The van der Waals surface area contributed by atoms with Gasteiger partial charge < -0.3 is 0 Å². The van der Waals surface area contributed by atoms with Gasteiger partial charge in [-0.3, -0.25) is 0 Å². The quantitative estimate of drug-likeness (QED) is 0.355. The predicted octanol–water partition coefficient (Wildman–Crippen LogP) is 4.50. The van der Waals surface area contributed by atoms with E-state index in [1.165, 1.54) is 10.2 Å². The SMILES string of the molecule is CC(C)[SiH3].FC(F)(F)C(F)(F)C(F)(F)C(F)(F)C(F)(F)C(F)(F)C(F)(F)C(F)(F)[SiH3]. The third-order valence-electron chi connectivity index (χ3n) is 2.88. The van der Waals surface area contributed by atoms with Crippen molar-refractivity contribution in [2.75, 3.05) is 0 Å². The first-order valence-corrected chi connectivity index (χ1v) is 9.35. The summed E-state index contributed by atoms with van der Waals surface area (Å²) >= 11 is 0. The van der Waals surface area contributed by atoms with Crippen LogP contribution in [0.1, 0.15) is 13.8 Å². The molecule has 0 aromatic heterocycles. The van der Waals surface area contributed by atoms with E-state index in [9.17, 15) is 74.6 Å². The van der Waals surface area contributed by atoms with Crippen molar-refractivity contribution in [2.24, 2.45) is 0 Å². The Morgan fingerprint density at radius 2 is 0.600 bits per heavy atom. The fourth-order valence-corrected chi connectivity index (χ4v) is 1.56. The molecule has 0 saturated heterocycles. The van der Waals surface area contributed by atoms with Gasteiger partial charge >= 0.3 is 41.7 Å². The molecule has 0 aliphatic rings. The topological polar surface area (TPSA) is 0 Å². The number of alkyl halides is 17. The maximum Gasteiger partial charge on any atom is 0.460 e. The number of halogens is 17. The van der Waals surface area contributed by atoms with Crippen LogP contribution in [0.5, 0.6) is 0 Å². The van der Waals surface area contributed by atoms with E-state index in [2.05, 4.69) is 13.8 Å². The molecule has 0 heterocycles. The van der Waals surface area contributed by atoms with Gasteiger partial charge in [-0.05, 0) is 0 Å². The Morgan fingerprint density at radius 3 is 0.767 bits per heavy atom. The largest absolute Gasteiger partial charge is 0.460 e. The van der Waals surface area contributed by atoms with Gasteiger partial charge in [0.15, 0.2) is 0 Å². The molecule has 30 heavy (non-hydrogen) atoms. The monoisotopic (exact) mass is 524 g/mol. The van der Waals surface area contributed by atoms with Crippen molar-refractivity contribution < 1.29 is 74.6 Å². The van der Waals surface area contributed by atoms with E-state index in [0.29, 0.717) is 0 Å². The van der Waals surface area contributed by atoms with Crippen LogP contribution < -0.4 is 0 Å². The molecule has 0 amide bonds. The molecular formula is C11H13F17Si2. The molecule has 184 valence electrons. The van der Waals surface area contributed by atoms with Gasteiger partial charge in [0.05, 0.1) is 10.2 Å². The van der Waals surface area contributed by atoms with Crippen LogP contribution >= 0.6 is 0 Å². The normalized spacial score (nSPS) is 16.0. The van der Waals surface area contributed by atoms with Crippen LogP contribution in [-0.2, 0) is 0 Å². The Hall–Kier alpha value is -0.756. The van der Waals surface area contributed by atoms with Crippen molar-refractivity contribution in [3.05, 3.63) is 0 Å². The van der Waals surface area contributed by atoms with Gasteiger partial charge in [-0.25, -0.2) is 8.78 Å². The third-order valence-corrected chi connectivity index (χ3v) is 3.51. The summed E-state index contributed by atoms with van der Waals surface area (Å²) in [7, 11) is -1.10. The van der Waals surface area contributed by atoms with Gasteiger partial charge in [-0.2, -0.15) is 65.9 Å². The van der Waals surface area contributed by atoms with Crippen LogP contribution in [0, 0.1) is 0 Å². The molecule has 0 bridgehead atoms. The maximum absolute atomic E-state index is 12.9. The molecule has 0 radical (unpaired) electrons. The first kappa shape index (κ1) is 31.4. The van der Waals surface area contributed by atoms with Crippen LogP contribution in [0.3, 0.4) is 0 Å². The van der Waals surface area contributed by atoms with Gasteiger partial charge in [0, 0.05) is 10.2 Å². The lowest BCUT2D eigenvalue weighted by molar-refractivity contribution is -0.458. The Kier molecular flexibility index (Phi) is 8.70. The summed E-state index contributed by atoms with van der Waals surface area (Å²) in [5.74, 6) is -49.2. The van der Waals surface area contributed by atoms with Crippen molar-refractivity contribution in [2.45, 2.75) is 66.6 Å². The van der Waals surface area contributed by atoms with Crippen molar-refractivity contribution in [1.29, 1.82) is 0 Å². The minimum absolute atomic E-state index is 0.972. The molecule has 0 spiro atoms. The van der Waals surface area contributed by atoms with Crippen LogP contribution in [0.4, 0.5) is 74.6 Å². The zero-order valence-corrected chi connectivity index (χ0v) is 19.0. The summed E-state index contributed by atoms with van der Waals surface area (Å²) in [4.78, 5) is 0. The van der Waals surface area contributed by atoms with E-state index in [4.69, 9.17) is 0 Å². The Morgan fingerprint density at radius 1 is 0.433 bits per heavy atom. The van der Waals surface area contributed by atoms with E-state index < -0.39 is 57.5 Å². The van der Waals surface area contributed by atoms with Crippen molar-refractivity contribution in [3.63, 3.8) is 0 Å². The Balaban J connectivity index is 0. The summed E-state index contributed by atoms with van der Waals surface area (Å²) < 4.78 is 213. The molecule has 0 aromatic rings. The molecule has 0 aliphatic carbocycles. The van der Waals surface area contributed by atoms with E-state index >= 15 is 0 Å². The fourth-order valence-electron chi connectivity index (χ4n) is 1.24. The lowest BCUT2D eigenvalue weighted by Gasteiger charge is -2.42. The summed E-state index contributed by atoms with van der Waals surface area (Å²) in [5, 5.41) is 0. The molecule has 0 unspecified atom stereocenters. The van der Waals surface area contributed by atoms with E-state index in [-0.39, 0.29) is 0 Å². The molecule has 0 aliphatic heterocycles. The fraction of sp³-hybridized carbons (Fsp3) is 1.00. The second-order valence-corrected chi connectivity index (χ2v) is 10.1. The maximum atomic E-state index is 12.9. The lowest BCUT2D eigenvalue weighted by atomic mass is 9.91. The smallest absolute Gasteiger partial charge is 0.206 e. The number of hydrogen-bond donors (Lipinski definition) is 0. The second kappa shape index (κ2) is 8.30. The minimum Gasteiger partial charge on any atom is -0.206 e. The van der Waals surface area contributed by atoms with Gasteiger partial charge in [-0.1, -0.05) is 19.4 Å². The van der Waals surface area contributed by atoms with Crippen LogP contribution in [-0.4, -0.2) is 67.7 Å². The van der Waals surface area contributed by atoms with Crippen molar-refractivity contribution in [3.8, 4) is 0 Å².